The van der Waals surface area contributed by atoms with E-state index < -0.39 is 10.1 Å². The zero-order valence-corrected chi connectivity index (χ0v) is 18.1. The molecule has 0 bridgehead atoms. The van der Waals surface area contributed by atoms with Gasteiger partial charge in [0, 0.05) is 18.3 Å². The van der Waals surface area contributed by atoms with E-state index in [9.17, 15) is 8.42 Å². The summed E-state index contributed by atoms with van der Waals surface area (Å²) in [5.41, 5.74) is 1.52. The van der Waals surface area contributed by atoms with Gasteiger partial charge in [0.25, 0.3) is 10.1 Å². The van der Waals surface area contributed by atoms with Gasteiger partial charge >= 0.3 is 0 Å². The van der Waals surface area contributed by atoms with Gasteiger partial charge in [-0.25, -0.2) is 4.98 Å². The highest BCUT2D eigenvalue weighted by molar-refractivity contribution is 7.85. The zero-order valence-electron chi connectivity index (χ0n) is 17.3. The lowest BCUT2D eigenvalue weighted by Crippen LogP contribution is -2.12. The van der Waals surface area contributed by atoms with Gasteiger partial charge in [0.1, 0.15) is 30.5 Å². The highest BCUT2D eigenvalue weighted by Crippen LogP contribution is 2.29. The van der Waals surface area contributed by atoms with Crippen molar-refractivity contribution in [2.45, 2.75) is 6.54 Å². The fourth-order valence-electron chi connectivity index (χ4n) is 2.70. The maximum Gasteiger partial charge on any atom is 0.264 e. The standard InChI is InChI=1S/C22H24N2O6S/c1-27-19-10-11-21(28-13-14-29-31(2,25)26)17(15-19)16-24-20-9-6-12-23-22(20)30-18-7-4-3-5-8-18/h3-12,15,24H,13-14,16H2,1-2H3. The summed E-state index contributed by atoms with van der Waals surface area (Å²) >= 11 is 0. The smallest absolute Gasteiger partial charge is 0.264 e. The lowest BCUT2D eigenvalue weighted by molar-refractivity contribution is 0.221. The van der Waals surface area contributed by atoms with Crippen molar-refractivity contribution in [1.82, 2.24) is 4.98 Å². The molecule has 1 N–H and O–H groups in total. The van der Waals surface area contributed by atoms with Crippen molar-refractivity contribution in [2.75, 3.05) is 31.9 Å². The first-order chi connectivity index (χ1) is 14.9. The Bertz CT molecular complexity index is 1090. The minimum absolute atomic E-state index is 0.0740. The van der Waals surface area contributed by atoms with Crippen LogP contribution in [0.5, 0.6) is 23.1 Å². The topological polar surface area (TPSA) is 96.0 Å². The Hall–Kier alpha value is -3.30. The number of rotatable bonds is 11. The van der Waals surface area contributed by atoms with Crippen molar-refractivity contribution in [2.24, 2.45) is 0 Å². The molecule has 1 aromatic heterocycles. The Labute approximate surface area is 181 Å². The van der Waals surface area contributed by atoms with Gasteiger partial charge in [-0.2, -0.15) is 8.42 Å². The number of hydrogen-bond donors (Lipinski definition) is 1. The minimum atomic E-state index is -3.51. The molecule has 31 heavy (non-hydrogen) atoms. The molecular weight excluding hydrogens is 420 g/mol. The van der Waals surface area contributed by atoms with Crippen LogP contribution in [0.4, 0.5) is 5.69 Å². The first kappa shape index (κ1) is 22.4. The van der Waals surface area contributed by atoms with Gasteiger partial charge in [0.15, 0.2) is 0 Å². The number of pyridine rings is 1. The van der Waals surface area contributed by atoms with Gasteiger partial charge < -0.3 is 19.5 Å². The molecule has 9 heteroatoms. The number of aromatic nitrogens is 1. The number of benzene rings is 2. The molecule has 0 atom stereocenters. The summed E-state index contributed by atoms with van der Waals surface area (Å²) in [5.74, 6) is 2.38. The first-order valence-electron chi connectivity index (χ1n) is 9.50. The van der Waals surface area contributed by atoms with Crippen LogP contribution in [0.15, 0.2) is 66.9 Å². The molecule has 8 nitrogen and oxygen atoms in total. The number of para-hydroxylation sites is 1. The predicted molar refractivity (Wildman–Crippen MR) is 117 cm³/mol. The predicted octanol–water partition coefficient (Wildman–Crippen LogP) is 3.85. The molecule has 0 unspecified atom stereocenters. The van der Waals surface area contributed by atoms with Crippen LogP contribution in [0.2, 0.25) is 0 Å². The van der Waals surface area contributed by atoms with E-state index in [-0.39, 0.29) is 13.2 Å². The second kappa shape index (κ2) is 10.6. The third-order valence-corrected chi connectivity index (χ3v) is 4.70. The Balaban J connectivity index is 1.70. The van der Waals surface area contributed by atoms with Crippen LogP contribution in [-0.2, 0) is 20.8 Å². The molecule has 1 heterocycles. The molecule has 0 amide bonds. The van der Waals surface area contributed by atoms with E-state index in [2.05, 4.69) is 10.3 Å². The number of hydrogen-bond acceptors (Lipinski definition) is 8. The molecule has 3 rings (SSSR count). The summed E-state index contributed by atoms with van der Waals surface area (Å²) in [5, 5.41) is 3.31. The molecule has 0 saturated carbocycles. The molecule has 0 fully saturated rings. The van der Waals surface area contributed by atoms with Gasteiger partial charge in [0.05, 0.1) is 19.1 Å². The highest BCUT2D eigenvalue weighted by atomic mass is 32.2. The van der Waals surface area contributed by atoms with E-state index in [1.807, 2.05) is 48.5 Å². The van der Waals surface area contributed by atoms with Gasteiger partial charge in [-0.1, -0.05) is 18.2 Å². The summed E-state index contributed by atoms with van der Waals surface area (Å²) in [6.45, 7) is 0.410. The van der Waals surface area contributed by atoms with Crippen molar-refractivity contribution in [3.05, 3.63) is 72.4 Å². The van der Waals surface area contributed by atoms with Crippen LogP contribution < -0.4 is 19.5 Å². The Kier molecular flexibility index (Phi) is 7.69. The molecule has 2 aromatic carbocycles. The van der Waals surface area contributed by atoms with E-state index in [0.717, 1.165) is 11.8 Å². The van der Waals surface area contributed by atoms with Crippen LogP contribution in [0.25, 0.3) is 0 Å². The first-order valence-corrected chi connectivity index (χ1v) is 11.3. The molecule has 0 aliphatic heterocycles. The summed E-state index contributed by atoms with van der Waals surface area (Å²) in [4.78, 5) is 4.31. The van der Waals surface area contributed by atoms with Gasteiger partial charge in [-0.05, 0) is 42.5 Å². The highest BCUT2D eigenvalue weighted by Gasteiger charge is 2.10. The number of nitrogens with one attached hydrogen (secondary N) is 1. The SMILES string of the molecule is COc1ccc(OCCOS(C)(=O)=O)c(CNc2cccnc2Oc2ccccc2)c1. The van der Waals surface area contributed by atoms with E-state index in [1.165, 1.54) is 0 Å². The zero-order chi connectivity index (χ0) is 22.1. The van der Waals surface area contributed by atoms with E-state index in [4.69, 9.17) is 18.4 Å². The quantitative estimate of drug-likeness (QED) is 0.352. The maximum absolute atomic E-state index is 11.1. The molecule has 0 aliphatic rings. The van der Waals surface area contributed by atoms with Crippen molar-refractivity contribution in [1.29, 1.82) is 0 Å². The van der Waals surface area contributed by atoms with Crippen molar-refractivity contribution >= 4 is 15.8 Å². The number of methoxy groups -OCH3 is 1. The maximum atomic E-state index is 11.1. The van der Waals surface area contributed by atoms with Crippen LogP contribution in [0.1, 0.15) is 5.56 Å². The molecule has 0 radical (unpaired) electrons. The number of anilines is 1. The average Bonchev–Trinajstić information content (AvgIpc) is 2.76. The largest absolute Gasteiger partial charge is 0.497 e. The average molecular weight is 445 g/mol. The van der Waals surface area contributed by atoms with Crippen molar-refractivity contribution in [3.63, 3.8) is 0 Å². The van der Waals surface area contributed by atoms with Gasteiger partial charge in [-0.15, -0.1) is 0 Å². The van der Waals surface area contributed by atoms with Crippen molar-refractivity contribution in [3.8, 4) is 23.1 Å². The Morgan fingerprint density at radius 1 is 0.968 bits per heavy atom. The molecular formula is C22H24N2O6S. The normalized spacial score (nSPS) is 11.0. The van der Waals surface area contributed by atoms with Crippen LogP contribution in [-0.4, -0.2) is 40.0 Å². The van der Waals surface area contributed by atoms with Crippen LogP contribution in [0, 0.1) is 0 Å². The molecule has 0 spiro atoms. The summed E-state index contributed by atoms with van der Waals surface area (Å²) in [6, 6.07) is 18.4. The Morgan fingerprint density at radius 3 is 2.52 bits per heavy atom. The third kappa shape index (κ3) is 7.16. The van der Waals surface area contributed by atoms with E-state index >= 15 is 0 Å². The third-order valence-electron chi connectivity index (χ3n) is 4.10. The molecule has 3 aromatic rings. The minimum Gasteiger partial charge on any atom is -0.497 e. The summed E-state index contributed by atoms with van der Waals surface area (Å²) in [7, 11) is -1.93. The van der Waals surface area contributed by atoms with Crippen LogP contribution >= 0.6 is 0 Å². The van der Waals surface area contributed by atoms with E-state index in [1.54, 1.807) is 25.4 Å². The lowest BCUT2D eigenvalue weighted by atomic mass is 10.2. The number of nitrogens with zero attached hydrogens (tertiary/aromatic N) is 1. The summed E-state index contributed by atoms with van der Waals surface area (Å²) in [6.07, 6.45) is 2.66. The van der Waals surface area contributed by atoms with Gasteiger partial charge in [-0.3, -0.25) is 4.18 Å². The van der Waals surface area contributed by atoms with Crippen molar-refractivity contribution < 1.29 is 26.8 Å². The second-order valence-corrected chi connectivity index (χ2v) is 8.12. The second-order valence-electron chi connectivity index (χ2n) is 6.47. The van der Waals surface area contributed by atoms with Crippen LogP contribution in [0.3, 0.4) is 0 Å². The Morgan fingerprint density at radius 2 is 1.77 bits per heavy atom. The molecule has 164 valence electrons. The monoisotopic (exact) mass is 444 g/mol. The van der Waals surface area contributed by atoms with E-state index in [0.29, 0.717) is 35.4 Å². The molecule has 0 saturated heterocycles. The number of ether oxygens (including phenoxy) is 3. The molecule has 0 aliphatic carbocycles. The lowest BCUT2D eigenvalue weighted by Gasteiger charge is -2.15. The van der Waals surface area contributed by atoms with Gasteiger partial charge in [0.2, 0.25) is 5.88 Å². The fourth-order valence-corrected chi connectivity index (χ4v) is 3.07. The fraction of sp³-hybridized carbons (Fsp3) is 0.227. The summed E-state index contributed by atoms with van der Waals surface area (Å²) < 4.78 is 43.8.